The zero-order chi connectivity index (χ0) is 25.0. The summed E-state index contributed by atoms with van der Waals surface area (Å²) in [4.78, 5) is 29.7. The number of carbonyl (C=O) groups excluding carboxylic acids is 2. The van der Waals surface area contributed by atoms with Gasteiger partial charge in [-0.15, -0.1) is 0 Å². The summed E-state index contributed by atoms with van der Waals surface area (Å²) in [5.74, 6) is 0.0134. The van der Waals surface area contributed by atoms with Gasteiger partial charge in [0.05, 0.1) is 15.7 Å². The number of carbonyl (C=O) groups is 2. The SMILES string of the molecule is CCCN(CCC(=O)N(CCc1ccccc1)Cc1ccccc1)C(=O)Nc1cccc(Cl)c1Cl. The smallest absolute Gasteiger partial charge is 0.321 e. The fourth-order valence-corrected chi connectivity index (χ4v) is 4.12. The van der Waals surface area contributed by atoms with E-state index in [4.69, 9.17) is 23.2 Å². The van der Waals surface area contributed by atoms with E-state index in [0.29, 0.717) is 41.9 Å². The molecule has 5 nitrogen and oxygen atoms in total. The largest absolute Gasteiger partial charge is 0.338 e. The fraction of sp³-hybridized carbons (Fsp3) is 0.286. The number of hydrogen-bond donors (Lipinski definition) is 1. The van der Waals surface area contributed by atoms with E-state index in [1.54, 1.807) is 23.1 Å². The molecule has 0 unspecified atom stereocenters. The lowest BCUT2D eigenvalue weighted by atomic mass is 10.1. The van der Waals surface area contributed by atoms with Gasteiger partial charge in [0.2, 0.25) is 5.91 Å². The van der Waals surface area contributed by atoms with Gasteiger partial charge in [0.15, 0.2) is 0 Å². The number of nitrogens with one attached hydrogen (secondary N) is 1. The topological polar surface area (TPSA) is 52.7 Å². The fourth-order valence-electron chi connectivity index (χ4n) is 3.77. The number of halogens is 2. The van der Waals surface area contributed by atoms with Crippen LogP contribution in [0.15, 0.2) is 78.9 Å². The van der Waals surface area contributed by atoms with Gasteiger partial charge in [0.1, 0.15) is 0 Å². The highest BCUT2D eigenvalue weighted by atomic mass is 35.5. The summed E-state index contributed by atoms with van der Waals surface area (Å²) in [6, 6.07) is 24.9. The van der Waals surface area contributed by atoms with Crippen LogP contribution in [0.1, 0.15) is 30.9 Å². The number of amides is 3. The van der Waals surface area contributed by atoms with E-state index in [0.717, 1.165) is 18.4 Å². The van der Waals surface area contributed by atoms with Crippen LogP contribution in [-0.2, 0) is 17.8 Å². The number of nitrogens with zero attached hydrogens (tertiary/aromatic N) is 2. The lowest BCUT2D eigenvalue weighted by Crippen LogP contribution is -2.40. The van der Waals surface area contributed by atoms with Crippen LogP contribution in [0.5, 0.6) is 0 Å². The highest BCUT2D eigenvalue weighted by Gasteiger charge is 2.19. The predicted molar refractivity (Wildman–Crippen MR) is 144 cm³/mol. The number of urea groups is 1. The van der Waals surface area contributed by atoms with Gasteiger partial charge in [-0.05, 0) is 36.1 Å². The van der Waals surface area contributed by atoms with E-state index in [2.05, 4.69) is 17.4 Å². The molecule has 1 N–H and O–H groups in total. The third-order valence-corrected chi connectivity index (χ3v) is 6.47. The molecule has 0 heterocycles. The molecule has 0 aromatic heterocycles. The summed E-state index contributed by atoms with van der Waals surface area (Å²) in [6.45, 7) is 3.98. The Labute approximate surface area is 217 Å². The van der Waals surface area contributed by atoms with Gasteiger partial charge in [0, 0.05) is 32.6 Å². The third-order valence-electron chi connectivity index (χ3n) is 5.65. The maximum Gasteiger partial charge on any atom is 0.321 e. The molecule has 3 rings (SSSR count). The minimum Gasteiger partial charge on any atom is -0.338 e. The van der Waals surface area contributed by atoms with E-state index >= 15 is 0 Å². The molecule has 0 radical (unpaired) electrons. The van der Waals surface area contributed by atoms with Crippen molar-refractivity contribution in [2.45, 2.75) is 32.7 Å². The molecule has 35 heavy (non-hydrogen) atoms. The minimum atomic E-state index is -0.303. The number of rotatable bonds is 11. The highest BCUT2D eigenvalue weighted by Crippen LogP contribution is 2.29. The minimum absolute atomic E-state index is 0.0134. The number of anilines is 1. The van der Waals surface area contributed by atoms with Crippen molar-refractivity contribution in [2.24, 2.45) is 0 Å². The summed E-state index contributed by atoms with van der Waals surface area (Å²) in [5, 5.41) is 3.49. The average Bonchev–Trinajstić information content (AvgIpc) is 2.88. The Hall–Kier alpha value is -3.02. The first-order valence-electron chi connectivity index (χ1n) is 11.8. The molecule has 0 saturated carbocycles. The normalized spacial score (nSPS) is 10.6. The van der Waals surface area contributed by atoms with Crippen molar-refractivity contribution >= 4 is 40.8 Å². The summed E-state index contributed by atoms with van der Waals surface area (Å²) in [7, 11) is 0. The van der Waals surface area contributed by atoms with Crippen molar-refractivity contribution in [1.82, 2.24) is 9.80 Å². The predicted octanol–water partition coefficient (Wildman–Crippen LogP) is 6.90. The molecule has 3 aromatic rings. The van der Waals surface area contributed by atoms with Crippen molar-refractivity contribution in [3.63, 3.8) is 0 Å². The van der Waals surface area contributed by atoms with E-state index in [1.165, 1.54) is 5.56 Å². The monoisotopic (exact) mass is 511 g/mol. The molecule has 7 heteroatoms. The Bertz CT molecular complexity index is 1090. The van der Waals surface area contributed by atoms with Gasteiger partial charge >= 0.3 is 6.03 Å². The molecule has 0 spiro atoms. The Morgan fingerprint density at radius 3 is 2.09 bits per heavy atom. The van der Waals surface area contributed by atoms with Gasteiger partial charge < -0.3 is 15.1 Å². The van der Waals surface area contributed by atoms with E-state index in [1.807, 2.05) is 60.4 Å². The van der Waals surface area contributed by atoms with Crippen LogP contribution >= 0.6 is 23.2 Å². The maximum absolute atomic E-state index is 13.3. The highest BCUT2D eigenvalue weighted by molar-refractivity contribution is 6.43. The molecule has 0 aliphatic rings. The molecule has 0 aliphatic heterocycles. The van der Waals surface area contributed by atoms with Gasteiger partial charge in [-0.2, -0.15) is 0 Å². The Morgan fingerprint density at radius 2 is 1.43 bits per heavy atom. The standard InChI is InChI=1S/C28H31Cl2N3O2/c1-2-18-32(28(35)31-25-15-9-14-24(29)27(25)30)20-17-26(34)33(21-23-12-7-4-8-13-23)19-16-22-10-5-3-6-11-22/h3-15H,2,16-21H2,1H3,(H,31,35). The molecule has 3 aromatic carbocycles. The van der Waals surface area contributed by atoms with E-state index in [-0.39, 0.29) is 18.4 Å². The van der Waals surface area contributed by atoms with Crippen LogP contribution in [0.4, 0.5) is 10.5 Å². The van der Waals surface area contributed by atoms with Crippen LogP contribution in [0.25, 0.3) is 0 Å². The molecular formula is C28H31Cl2N3O2. The molecule has 3 amide bonds. The molecule has 0 bridgehead atoms. The Morgan fingerprint density at radius 1 is 0.771 bits per heavy atom. The first-order chi connectivity index (χ1) is 17.0. The van der Waals surface area contributed by atoms with Crippen molar-refractivity contribution in [1.29, 1.82) is 0 Å². The molecule has 184 valence electrons. The lowest BCUT2D eigenvalue weighted by Gasteiger charge is -2.26. The zero-order valence-electron chi connectivity index (χ0n) is 19.9. The summed E-state index contributed by atoms with van der Waals surface area (Å²) >= 11 is 12.3. The summed E-state index contributed by atoms with van der Waals surface area (Å²) < 4.78 is 0. The van der Waals surface area contributed by atoms with Crippen LogP contribution in [-0.4, -0.2) is 41.4 Å². The maximum atomic E-state index is 13.3. The first kappa shape index (κ1) is 26.6. The average molecular weight is 512 g/mol. The van der Waals surface area contributed by atoms with E-state index in [9.17, 15) is 9.59 Å². The van der Waals surface area contributed by atoms with Crippen LogP contribution < -0.4 is 5.32 Å². The molecule has 0 fully saturated rings. The van der Waals surface area contributed by atoms with Crippen molar-refractivity contribution in [2.75, 3.05) is 25.0 Å². The van der Waals surface area contributed by atoms with Crippen LogP contribution in [0.3, 0.4) is 0 Å². The van der Waals surface area contributed by atoms with Crippen molar-refractivity contribution in [3.05, 3.63) is 100 Å². The van der Waals surface area contributed by atoms with Crippen LogP contribution in [0.2, 0.25) is 10.0 Å². The summed E-state index contributed by atoms with van der Waals surface area (Å²) in [5.41, 5.74) is 2.71. The second kappa shape index (κ2) is 13.8. The van der Waals surface area contributed by atoms with Gasteiger partial charge in [-0.1, -0.05) is 96.9 Å². The van der Waals surface area contributed by atoms with Crippen LogP contribution in [0, 0.1) is 0 Å². The zero-order valence-corrected chi connectivity index (χ0v) is 21.4. The molecule has 0 saturated heterocycles. The van der Waals surface area contributed by atoms with Crippen molar-refractivity contribution < 1.29 is 9.59 Å². The molecule has 0 atom stereocenters. The van der Waals surface area contributed by atoms with Gasteiger partial charge in [-0.25, -0.2) is 4.79 Å². The number of hydrogen-bond acceptors (Lipinski definition) is 2. The summed E-state index contributed by atoms with van der Waals surface area (Å²) in [6.07, 6.45) is 1.77. The quantitative estimate of drug-likeness (QED) is 0.304. The van der Waals surface area contributed by atoms with Gasteiger partial charge in [0.25, 0.3) is 0 Å². The molecule has 0 aliphatic carbocycles. The first-order valence-corrected chi connectivity index (χ1v) is 12.6. The van der Waals surface area contributed by atoms with E-state index < -0.39 is 0 Å². The Kier molecular flexibility index (Phi) is 10.5. The number of benzene rings is 3. The second-order valence-corrected chi connectivity index (χ2v) is 9.09. The molecular weight excluding hydrogens is 481 g/mol. The lowest BCUT2D eigenvalue weighted by molar-refractivity contribution is -0.132. The van der Waals surface area contributed by atoms with Crippen molar-refractivity contribution in [3.8, 4) is 0 Å². The van der Waals surface area contributed by atoms with Gasteiger partial charge in [-0.3, -0.25) is 4.79 Å². The third kappa shape index (κ3) is 8.30. The Balaban J connectivity index is 1.65. The second-order valence-electron chi connectivity index (χ2n) is 8.31.